The van der Waals surface area contributed by atoms with E-state index >= 15 is 0 Å². The Labute approximate surface area is 113 Å². The molecule has 0 aromatic heterocycles. The minimum atomic E-state index is -1.42. The van der Waals surface area contributed by atoms with Gasteiger partial charge in [-0.05, 0) is 27.9 Å². The van der Waals surface area contributed by atoms with Crippen LogP contribution in [0.3, 0.4) is 0 Å². The van der Waals surface area contributed by atoms with Crippen molar-refractivity contribution in [3.63, 3.8) is 0 Å². The normalized spacial score (nSPS) is 16.4. The van der Waals surface area contributed by atoms with Crippen LogP contribution in [0, 0.1) is 0 Å². The maximum absolute atomic E-state index is 10.7. The number of hydrogen-bond acceptors (Lipinski definition) is 7. The molecule has 0 aliphatic rings. The van der Waals surface area contributed by atoms with Crippen molar-refractivity contribution in [1.82, 2.24) is 10.6 Å². The molecule has 6 N–H and O–H groups in total. The Morgan fingerprint density at radius 3 is 1.68 bits per heavy atom. The maximum Gasteiger partial charge on any atom is 0.338 e. The Morgan fingerprint density at radius 2 is 1.47 bits per heavy atom. The average molecular weight is 279 g/mol. The number of nitrogens with two attached hydrogens (primary N) is 1. The van der Waals surface area contributed by atoms with E-state index in [4.69, 9.17) is 10.8 Å². The summed E-state index contributed by atoms with van der Waals surface area (Å²) in [5.41, 5.74) is 1.99. The van der Waals surface area contributed by atoms with Crippen molar-refractivity contribution in [3.8, 4) is 0 Å². The highest BCUT2D eigenvalue weighted by molar-refractivity contribution is 5.82. The van der Waals surface area contributed by atoms with Crippen molar-refractivity contribution in [2.45, 2.75) is 25.0 Å². The summed E-state index contributed by atoms with van der Waals surface area (Å²) in [4.78, 5) is 21.1. The van der Waals surface area contributed by atoms with Gasteiger partial charge < -0.3 is 31.3 Å². The fourth-order valence-electron chi connectivity index (χ4n) is 1.07. The molecule has 8 nitrogen and oxygen atoms in total. The highest BCUT2D eigenvalue weighted by Gasteiger charge is 2.30. The van der Waals surface area contributed by atoms with Crippen LogP contribution in [-0.2, 0) is 14.3 Å². The average Bonchev–Trinajstić information content (AvgIpc) is 2.28. The van der Waals surface area contributed by atoms with Crippen molar-refractivity contribution in [3.05, 3.63) is 0 Å². The third kappa shape index (κ3) is 8.49. The number of hydrogen-bond donors (Lipinski definition) is 5. The number of carbonyl (C=O) groups excluding carboxylic acids is 2. The van der Waals surface area contributed by atoms with Gasteiger partial charge in [-0.15, -0.1) is 0 Å². The molecule has 0 rings (SSSR count). The zero-order valence-corrected chi connectivity index (χ0v) is 12.1. The molecule has 0 aliphatic heterocycles. The third-order valence-electron chi connectivity index (χ3n) is 2.20. The standard InChI is InChI=1S/C6H13NO3.C5H12N2O2/c1-6(9,4-7-2)5(8)10-3;1-5(9,3-7-2)4(6)8/h7,9H,4H2,1-3H3;7,9H,3H2,1-2H3,(H2,6,8). The van der Waals surface area contributed by atoms with Crippen molar-refractivity contribution in [1.29, 1.82) is 0 Å². The smallest absolute Gasteiger partial charge is 0.338 e. The summed E-state index contributed by atoms with van der Waals surface area (Å²) >= 11 is 0. The minimum Gasteiger partial charge on any atom is -0.467 e. The highest BCUT2D eigenvalue weighted by atomic mass is 16.5. The zero-order valence-electron chi connectivity index (χ0n) is 12.1. The molecule has 19 heavy (non-hydrogen) atoms. The van der Waals surface area contributed by atoms with Gasteiger partial charge in [0.05, 0.1) is 7.11 Å². The van der Waals surface area contributed by atoms with Crippen LogP contribution in [-0.4, -0.2) is 67.6 Å². The Hall–Kier alpha value is -1.22. The predicted octanol–water partition coefficient (Wildman–Crippen LogP) is -2.43. The first-order valence-electron chi connectivity index (χ1n) is 5.67. The van der Waals surface area contributed by atoms with Gasteiger partial charge in [0.15, 0.2) is 11.2 Å². The second-order valence-electron chi connectivity index (χ2n) is 4.46. The number of esters is 1. The number of carbonyl (C=O) groups is 2. The quantitative estimate of drug-likeness (QED) is 0.341. The number of amides is 1. The number of nitrogens with one attached hydrogen (secondary N) is 2. The fourth-order valence-corrected chi connectivity index (χ4v) is 1.07. The van der Waals surface area contributed by atoms with Crippen LogP contribution in [0.15, 0.2) is 0 Å². The van der Waals surface area contributed by atoms with E-state index < -0.39 is 23.1 Å². The summed E-state index contributed by atoms with van der Waals surface area (Å²) in [5, 5.41) is 23.6. The summed E-state index contributed by atoms with van der Waals surface area (Å²) in [6, 6.07) is 0. The summed E-state index contributed by atoms with van der Waals surface area (Å²) in [6.07, 6.45) is 0. The molecular formula is C11H25N3O5. The minimum absolute atomic E-state index is 0.183. The Morgan fingerprint density at radius 1 is 1.11 bits per heavy atom. The third-order valence-corrected chi connectivity index (χ3v) is 2.20. The first-order valence-corrected chi connectivity index (χ1v) is 5.67. The molecule has 0 aliphatic carbocycles. The molecule has 8 heteroatoms. The van der Waals surface area contributed by atoms with Gasteiger partial charge in [0.2, 0.25) is 5.91 Å². The summed E-state index contributed by atoms with van der Waals surface area (Å²) in [5.74, 6) is -1.33. The van der Waals surface area contributed by atoms with Crippen LogP contribution in [0.1, 0.15) is 13.8 Å². The molecule has 0 saturated heterocycles. The van der Waals surface area contributed by atoms with Crippen LogP contribution >= 0.6 is 0 Å². The van der Waals surface area contributed by atoms with Crippen LogP contribution in [0.5, 0.6) is 0 Å². The number of rotatable bonds is 6. The number of likely N-dealkylation sites (N-methyl/N-ethyl adjacent to an activating group) is 2. The van der Waals surface area contributed by atoms with Crippen molar-refractivity contribution in [2.75, 3.05) is 34.3 Å². The topological polar surface area (TPSA) is 134 Å². The van der Waals surface area contributed by atoms with Gasteiger partial charge >= 0.3 is 5.97 Å². The molecule has 2 atom stereocenters. The predicted molar refractivity (Wildman–Crippen MR) is 70.3 cm³/mol. The molecule has 114 valence electrons. The van der Waals surface area contributed by atoms with Gasteiger partial charge in [0.1, 0.15) is 0 Å². The van der Waals surface area contributed by atoms with E-state index in [1.54, 1.807) is 14.1 Å². The van der Waals surface area contributed by atoms with Gasteiger partial charge in [-0.2, -0.15) is 0 Å². The first kappa shape index (κ1) is 20.1. The lowest BCUT2D eigenvalue weighted by Gasteiger charge is -2.18. The second-order valence-corrected chi connectivity index (χ2v) is 4.46. The van der Waals surface area contributed by atoms with Gasteiger partial charge in [-0.1, -0.05) is 0 Å². The van der Waals surface area contributed by atoms with E-state index in [0.717, 1.165) is 0 Å². The Balaban J connectivity index is 0. The molecule has 1 amide bonds. The zero-order chi connectivity index (χ0) is 15.7. The largest absolute Gasteiger partial charge is 0.467 e. The first-order chi connectivity index (χ1) is 8.55. The van der Waals surface area contributed by atoms with E-state index in [0.29, 0.717) is 0 Å². The Kier molecular flexibility index (Phi) is 9.32. The van der Waals surface area contributed by atoms with Gasteiger partial charge in [-0.3, -0.25) is 4.79 Å². The van der Waals surface area contributed by atoms with Crippen molar-refractivity contribution < 1.29 is 24.5 Å². The van der Waals surface area contributed by atoms with Crippen molar-refractivity contribution >= 4 is 11.9 Å². The second kappa shape index (κ2) is 8.81. The lowest BCUT2D eigenvalue weighted by molar-refractivity contribution is -0.159. The number of primary amides is 1. The number of ether oxygens (including phenoxy) is 1. The molecule has 0 aromatic carbocycles. The number of aliphatic hydroxyl groups is 2. The fraction of sp³-hybridized carbons (Fsp3) is 0.818. The molecule has 0 bridgehead atoms. The molecule has 0 fully saturated rings. The lowest BCUT2D eigenvalue weighted by Crippen LogP contribution is -2.47. The van der Waals surface area contributed by atoms with E-state index in [9.17, 15) is 14.7 Å². The van der Waals surface area contributed by atoms with E-state index in [1.165, 1.54) is 21.0 Å². The molecule has 0 radical (unpaired) electrons. The van der Waals surface area contributed by atoms with Crippen molar-refractivity contribution in [2.24, 2.45) is 5.73 Å². The molecule has 0 saturated carbocycles. The molecule has 0 heterocycles. The van der Waals surface area contributed by atoms with Crippen LogP contribution in [0.4, 0.5) is 0 Å². The SMILES string of the molecule is CNCC(C)(O)C(=O)OC.CNCC(C)(O)C(N)=O. The van der Waals surface area contributed by atoms with Gasteiger partial charge in [0, 0.05) is 13.1 Å². The summed E-state index contributed by atoms with van der Waals surface area (Å²) in [6.45, 7) is 3.14. The molecule has 0 spiro atoms. The monoisotopic (exact) mass is 279 g/mol. The molecule has 2 unspecified atom stereocenters. The van der Waals surface area contributed by atoms with Crippen LogP contribution in [0.2, 0.25) is 0 Å². The van der Waals surface area contributed by atoms with Gasteiger partial charge in [0.25, 0.3) is 0 Å². The van der Waals surface area contributed by atoms with E-state index in [2.05, 4.69) is 15.4 Å². The summed E-state index contributed by atoms with van der Waals surface area (Å²) < 4.78 is 4.34. The highest BCUT2D eigenvalue weighted by Crippen LogP contribution is 2.02. The number of methoxy groups -OCH3 is 1. The van der Waals surface area contributed by atoms with Crippen LogP contribution < -0.4 is 16.4 Å². The summed E-state index contributed by atoms with van der Waals surface area (Å²) in [7, 11) is 4.53. The van der Waals surface area contributed by atoms with E-state index in [-0.39, 0.29) is 13.1 Å². The van der Waals surface area contributed by atoms with Gasteiger partial charge in [-0.25, -0.2) is 4.79 Å². The van der Waals surface area contributed by atoms with Crippen LogP contribution in [0.25, 0.3) is 0 Å². The maximum atomic E-state index is 10.7. The lowest BCUT2D eigenvalue weighted by atomic mass is 10.1. The Bertz CT molecular complexity index is 292. The molecular weight excluding hydrogens is 254 g/mol. The van der Waals surface area contributed by atoms with E-state index in [1.807, 2.05) is 0 Å². The molecule has 0 aromatic rings.